The van der Waals surface area contributed by atoms with Gasteiger partial charge in [-0.25, -0.2) is 9.38 Å². The zero-order chi connectivity index (χ0) is 15.0. The Kier molecular flexibility index (Phi) is 9.59. The van der Waals surface area contributed by atoms with Crippen LogP contribution in [0.3, 0.4) is 0 Å². The van der Waals surface area contributed by atoms with Crippen molar-refractivity contribution < 1.29 is 9.18 Å². The number of carbonyl (C=O) groups excluding carboxylic acids is 1. The highest BCUT2D eigenvalue weighted by molar-refractivity contribution is 14.0. The maximum Gasteiger partial charge on any atom is 0.241 e. The summed E-state index contributed by atoms with van der Waals surface area (Å²) in [5.74, 6) is -0.0103. The smallest absolute Gasteiger partial charge is 0.241 e. The third-order valence-electron chi connectivity index (χ3n) is 2.47. The Balaban J connectivity index is 0.00000400. The standard InChI is InChI=1S/C13H20FN5O.HI/c1-4-15-13(18-9-12(20)19(2)3)17-8-11-10(14)6-5-7-16-11;/h5-7H,4,8-9H2,1-3H3,(H2,15,17,18);1H. The lowest BCUT2D eigenvalue weighted by atomic mass is 10.3. The van der Waals surface area contributed by atoms with Crippen LogP contribution in [0, 0.1) is 5.82 Å². The van der Waals surface area contributed by atoms with Crippen molar-refractivity contribution in [3.05, 3.63) is 29.8 Å². The Morgan fingerprint density at radius 1 is 1.43 bits per heavy atom. The van der Waals surface area contributed by atoms with Crippen molar-refractivity contribution in [2.45, 2.75) is 13.5 Å². The molecule has 0 aromatic carbocycles. The van der Waals surface area contributed by atoms with Gasteiger partial charge in [-0.1, -0.05) is 0 Å². The number of carbonyl (C=O) groups is 1. The molecule has 0 fully saturated rings. The fourth-order valence-corrected chi connectivity index (χ4v) is 1.35. The van der Waals surface area contributed by atoms with E-state index in [9.17, 15) is 9.18 Å². The van der Waals surface area contributed by atoms with Crippen molar-refractivity contribution in [3.8, 4) is 0 Å². The number of likely N-dealkylation sites (N-methyl/N-ethyl adjacent to an activating group) is 1. The van der Waals surface area contributed by atoms with E-state index < -0.39 is 5.82 Å². The second-order valence-corrected chi connectivity index (χ2v) is 4.27. The van der Waals surface area contributed by atoms with Crippen LogP contribution >= 0.6 is 24.0 Å². The molecule has 1 aromatic rings. The molecule has 0 spiro atoms. The van der Waals surface area contributed by atoms with Crippen LogP contribution in [0.5, 0.6) is 0 Å². The maximum atomic E-state index is 13.4. The highest BCUT2D eigenvalue weighted by Gasteiger charge is 2.06. The predicted molar refractivity (Wildman–Crippen MR) is 91.1 cm³/mol. The minimum atomic E-state index is -0.392. The Bertz CT molecular complexity index is 481. The molecule has 1 rings (SSSR count). The normalized spacial score (nSPS) is 10.6. The molecule has 0 atom stereocenters. The van der Waals surface area contributed by atoms with Crippen molar-refractivity contribution in [3.63, 3.8) is 0 Å². The molecular formula is C13H21FIN5O. The number of pyridine rings is 1. The molecule has 8 heteroatoms. The maximum absolute atomic E-state index is 13.4. The van der Waals surface area contributed by atoms with Crippen LogP contribution < -0.4 is 10.6 Å². The number of halogens is 2. The molecule has 1 amide bonds. The van der Waals surface area contributed by atoms with E-state index in [0.29, 0.717) is 12.5 Å². The average Bonchev–Trinajstić information content (AvgIpc) is 2.43. The third kappa shape index (κ3) is 7.21. The van der Waals surface area contributed by atoms with Gasteiger partial charge >= 0.3 is 0 Å². The van der Waals surface area contributed by atoms with Crippen LogP contribution in [-0.4, -0.2) is 48.9 Å². The zero-order valence-corrected chi connectivity index (χ0v) is 14.7. The van der Waals surface area contributed by atoms with Gasteiger partial charge in [-0.2, -0.15) is 0 Å². The largest absolute Gasteiger partial charge is 0.357 e. The number of aromatic nitrogens is 1. The number of aliphatic imine (C=N–C) groups is 1. The number of hydrogen-bond acceptors (Lipinski definition) is 3. The molecule has 0 saturated carbocycles. The average molecular weight is 409 g/mol. The second kappa shape index (κ2) is 10.3. The van der Waals surface area contributed by atoms with Crippen molar-refractivity contribution in [1.29, 1.82) is 0 Å². The van der Waals surface area contributed by atoms with Gasteiger partial charge in [0.05, 0.1) is 18.8 Å². The molecule has 2 N–H and O–H groups in total. The highest BCUT2D eigenvalue weighted by Crippen LogP contribution is 2.03. The van der Waals surface area contributed by atoms with E-state index in [1.165, 1.54) is 23.2 Å². The number of nitrogens with one attached hydrogen (secondary N) is 2. The van der Waals surface area contributed by atoms with Gasteiger partial charge in [0, 0.05) is 26.8 Å². The Hall–Kier alpha value is -1.45. The minimum Gasteiger partial charge on any atom is -0.357 e. The summed E-state index contributed by atoms with van der Waals surface area (Å²) in [5.41, 5.74) is 0.267. The van der Waals surface area contributed by atoms with E-state index in [1.54, 1.807) is 14.1 Å². The molecule has 0 aliphatic carbocycles. The van der Waals surface area contributed by atoms with Gasteiger partial charge in [0.1, 0.15) is 5.82 Å². The SMILES string of the molecule is CCNC(=NCc1ncccc1F)NCC(=O)N(C)C.I. The van der Waals surface area contributed by atoms with Crippen molar-refractivity contribution in [2.24, 2.45) is 4.99 Å². The lowest BCUT2D eigenvalue weighted by Gasteiger charge is -2.14. The second-order valence-electron chi connectivity index (χ2n) is 4.27. The summed E-state index contributed by atoms with van der Waals surface area (Å²) in [6, 6.07) is 2.87. The van der Waals surface area contributed by atoms with Gasteiger partial charge in [0.15, 0.2) is 5.96 Å². The summed E-state index contributed by atoms with van der Waals surface area (Å²) in [6.07, 6.45) is 1.52. The lowest BCUT2D eigenvalue weighted by Crippen LogP contribution is -2.42. The molecule has 0 radical (unpaired) electrons. The van der Waals surface area contributed by atoms with E-state index in [1.807, 2.05) is 6.92 Å². The van der Waals surface area contributed by atoms with Gasteiger partial charge in [0.25, 0.3) is 0 Å². The van der Waals surface area contributed by atoms with Gasteiger partial charge in [0.2, 0.25) is 5.91 Å². The highest BCUT2D eigenvalue weighted by atomic mass is 127. The summed E-state index contributed by atoms with van der Waals surface area (Å²) in [5, 5.41) is 5.87. The molecular weight excluding hydrogens is 388 g/mol. The first-order valence-electron chi connectivity index (χ1n) is 6.36. The van der Waals surface area contributed by atoms with Crippen molar-refractivity contribution >= 4 is 35.8 Å². The third-order valence-corrected chi connectivity index (χ3v) is 2.47. The topological polar surface area (TPSA) is 69.6 Å². The van der Waals surface area contributed by atoms with Gasteiger partial charge < -0.3 is 15.5 Å². The number of hydrogen-bond donors (Lipinski definition) is 2. The molecule has 0 bridgehead atoms. The fraction of sp³-hybridized carbons (Fsp3) is 0.462. The Morgan fingerprint density at radius 3 is 2.71 bits per heavy atom. The lowest BCUT2D eigenvalue weighted by molar-refractivity contribution is -0.127. The van der Waals surface area contributed by atoms with Crippen LogP contribution in [-0.2, 0) is 11.3 Å². The molecule has 0 saturated heterocycles. The first kappa shape index (κ1) is 19.6. The van der Waals surface area contributed by atoms with E-state index in [-0.39, 0.29) is 48.7 Å². The zero-order valence-electron chi connectivity index (χ0n) is 12.4. The summed E-state index contributed by atoms with van der Waals surface area (Å²) >= 11 is 0. The first-order chi connectivity index (χ1) is 9.54. The van der Waals surface area contributed by atoms with Crippen LogP contribution in [0.4, 0.5) is 4.39 Å². The van der Waals surface area contributed by atoms with Crippen molar-refractivity contribution in [1.82, 2.24) is 20.5 Å². The summed E-state index contributed by atoms with van der Waals surface area (Å²) < 4.78 is 13.4. The Labute approximate surface area is 141 Å². The predicted octanol–water partition coefficient (Wildman–Crippen LogP) is 0.982. The Morgan fingerprint density at radius 2 is 2.14 bits per heavy atom. The van der Waals surface area contributed by atoms with E-state index >= 15 is 0 Å². The summed E-state index contributed by atoms with van der Waals surface area (Å²) in [7, 11) is 3.36. The quantitative estimate of drug-likeness (QED) is 0.432. The molecule has 1 aromatic heterocycles. The van der Waals surface area contributed by atoms with Gasteiger partial charge in [-0.05, 0) is 19.1 Å². The van der Waals surface area contributed by atoms with E-state index in [2.05, 4.69) is 20.6 Å². The van der Waals surface area contributed by atoms with Crippen molar-refractivity contribution in [2.75, 3.05) is 27.2 Å². The van der Waals surface area contributed by atoms with Gasteiger partial charge in [-0.15, -0.1) is 24.0 Å². The first-order valence-corrected chi connectivity index (χ1v) is 6.36. The van der Waals surface area contributed by atoms with Crippen LogP contribution in [0.2, 0.25) is 0 Å². The monoisotopic (exact) mass is 409 g/mol. The molecule has 6 nitrogen and oxygen atoms in total. The van der Waals surface area contributed by atoms with Gasteiger partial charge in [-0.3, -0.25) is 9.78 Å². The number of rotatable bonds is 5. The fourth-order valence-electron chi connectivity index (χ4n) is 1.35. The molecule has 118 valence electrons. The number of amides is 1. The summed E-state index contributed by atoms with van der Waals surface area (Å²) in [6.45, 7) is 2.79. The van der Waals surface area contributed by atoms with Crippen LogP contribution in [0.25, 0.3) is 0 Å². The molecule has 1 heterocycles. The number of guanidine groups is 1. The van der Waals surface area contributed by atoms with Crippen LogP contribution in [0.1, 0.15) is 12.6 Å². The molecule has 0 unspecified atom stereocenters. The number of nitrogens with zero attached hydrogens (tertiary/aromatic N) is 3. The minimum absolute atomic E-state index is 0. The van der Waals surface area contributed by atoms with Crippen LogP contribution in [0.15, 0.2) is 23.3 Å². The molecule has 21 heavy (non-hydrogen) atoms. The molecule has 0 aliphatic heterocycles. The molecule has 0 aliphatic rings. The van der Waals surface area contributed by atoms with E-state index in [4.69, 9.17) is 0 Å². The van der Waals surface area contributed by atoms with E-state index in [0.717, 1.165) is 0 Å². The summed E-state index contributed by atoms with van der Waals surface area (Å²) in [4.78, 5) is 21.1.